The highest BCUT2D eigenvalue weighted by atomic mass is 16.5. The van der Waals surface area contributed by atoms with Gasteiger partial charge in [0.1, 0.15) is 23.0 Å². The van der Waals surface area contributed by atoms with Crippen LogP contribution in [0.2, 0.25) is 0 Å². The Bertz CT molecular complexity index is 1170. The average Bonchev–Trinajstić information content (AvgIpc) is 3.15. The Morgan fingerprint density at radius 3 is 2.78 bits per heavy atom. The molecule has 9 nitrogen and oxygen atoms in total. The van der Waals surface area contributed by atoms with Gasteiger partial charge in [0.2, 0.25) is 5.82 Å². The number of piperidine rings is 1. The van der Waals surface area contributed by atoms with Crippen molar-refractivity contribution in [1.29, 1.82) is 5.26 Å². The minimum absolute atomic E-state index is 0.114. The van der Waals surface area contributed by atoms with Gasteiger partial charge in [-0.15, -0.1) is 0 Å². The van der Waals surface area contributed by atoms with Crippen molar-refractivity contribution >= 4 is 17.1 Å². The summed E-state index contributed by atoms with van der Waals surface area (Å²) in [4.78, 5) is 25.9. The number of likely N-dealkylation sites (tertiary alicyclic amines) is 1. The maximum atomic E-state index is 10.8. The predicted octanol–water partition coefficient (Wildman–Crippen LogP) is 2.78. The van der Waals surface area contributed by atoms with Crippen molar-refractivity contribution in [2.75, 3.05) is 26.2 Å². The molecule has 0 radical (unpaired) electrons. The number of hydrogen-bond acceptors (Lipinski definition) is 7. The third kappa shape index (κ3) is 4.70. The molecule has 1 aromatic carbocycles. The highest BCUT2D eigenvalue weighted by molar-refractivity contribution is 5.87. The fourth-order valence-corrected chi connectivity index (χ4v) is 4.18. The molecule has 0 unspecified atom stereocenters. The summed E-state index contributed by atoms with van der Waals surface area (Å²) < 4.78 is 7.82. The summed E-state index contributed by atoms with van der Waals surface area (Å²) >= 11 is 0. The number of ether oxygens (including phenoxy) is 1. The van der Waals surface area contributed by atoms with E-state index in [2.05, 4.69) is 15.0 Å². The number of nitriles is 1. The highest BCUT2D eigenvalue weighted by Gasteiger charge is 2.21. The summed E-state index contributed by atoms with van der Waals surface area (Å²) in [5.74, 6) is 0.732. The third-order valence-electron chi connectivity index (χ3n) is 5.96. The maximum absolute atomic E-state index is 10.8. The van der Waals surface area contributed by atoms with Crippen LogP contribution in [0.4, 0.5) is 0 Å². The molecule has 0 atom stereocenters. The molecule has 3 heterocycles. The molecule has 1 saturated heterocycles. The zero-order valence-electron chi connectivity index (χ0n) is 18.3. The number of nitrogens with zero attached hydrogens (tertiary/aromatic N) is 6. The molecule has 1 N–H and O–H groups in total. The van der Waals surface area contributed by atoms with Crippen LogP contribution in [0.15, 0.2) is 24.5 Å². The van der Waals surface area contributed by atoms with E-state index in [1.165, 1.54) is 0 Å². The SMILES string of the molecule is Cc1cc(-c2nc(C#N)nc3c2ncn3C)ccc1OCCC1CCN(CC(=O)O)CC1. The summed E-state index contributed by atoms with van der Waals surface area (Å²) in [7, 11) is 1.84. The average molecular weight is 435 g/mol. The monoisotopic (exact) mass is 434 g/mol. The minimum atomic E-state index is -0.764. The first-order valence-corrected chi connectivity index (χ1v) is 10.7. The second-order valence-corrected chi connectivity index (χ2v) is 8.27. The van der Waals surface area contributed by atoms with Gasteiger partial charge in [-0.05, 0) is 69.0 Å². The second kappa shape index (κ2) is 9.32. The van der Waals surface area contributed by atoms with Crippen LogP contribution in [-0.4, -0.2) is 61.7 Å². The van der Waals surface area contributed by atoms with Crippen molar-refractivity contribution in [2.45, 2.75) is 26.2 Å². The van der Waals surface area contributed by atoms with Crippen LogP contribution < -0.4 is 4.74 Å². The van der Waals surface area contributed by atoms with Gasteiger partial charge in [0, 0.05) is 12.6 Å². The summed E-state index contributed by atoms with van der Waals surface area (Å²) in [5, 5.41) is 18.2. The fraction of sp³-hybridized carbons (Fsp3) is 0.435. The molecular weight excluding hydrogens is 408 g/mol. The zero-order chi connectivity index (χ0) is 22.7. The van der Waals surface area contributed by atoms with E-state index in [0.29, 0.717) is 29.4 Å². The van der Waals surface area contributed by atoms with Crippen LogP contribution in [0.1, 0.15) is 30.7 Å². The van der Waals surface area contributed by atoms with Gasteiger partial charge in [-0.1, -0.05) is 0 Å². The van der Waals surface area contributed by atoms with E-state index in [1.807, 2.05) is 43.1 Å². The smallest absolute Gasteiger partial charge is 0.317 e. The van der Waals surface area contributed by atoms with Gasteiger partial charge in [-0.3, -0.25) is 9.69 Å². The van der Waals surface area contributed by atoms with Gasteiger partial charge in [0.05, 0.1) is 19.5 Å². The van der Waals surface area contributed by atoms with Gasteiger partial charge < -0.3 is 14.4 Å². The predicted molar refractivity (Wildman–Crippen MR) is 118 cm³/mol. The molecule has 1 fully saturated rings. The van der Waals surface area contributed by atoms with Crippen molar-refractivity contribution in [2.24, 2.45) is 13.0 Å². The molecule has 0 amide bonds. The van der Waals surface area contributed by atoms with Crippen LogP contribution in [-0.2, 0) is 11.8 Å². The number of aryl methyl sites for hydroxylation is 2. The molecule has 0 spiro atoms. The van der Waals surface area contributed by atoms with Crippen LogP contribution in [0.3, 0.4) is 0 Å². The summed E-state index contributed by atoms with van der Waals surface area (Å²) in [6.45, 7) is 4.40. The van der Waals surface area contributed by atoms with Gasteiger partial charge in [0.25, 0.3) is 0 Å². The van der Waals surface area contributed by atoms with Crippen LogP contribution in [0.5, 0.6) is 5.75 Å². The normalized spacial score (nSPS) is 15.0. The molecule has 9 heteroatoms. The Morgan fingerprint density at radius 2 is 2.09 bits per heavy atom. The van der Waals surface area contributed by atoms with Crippen LogP contribution in [0, 0.1) is 24.2 Å². The van der Waals surface area contributed by atoms with Crippen molar-refractivity contribution in [1.82, 2.24) is 24.4 Å². The largest absolute Gasteiger partial charge is 0.493 e. The Labute approximate surface area is 186 Å². The fourth-order valence-electron chi connectivity index (χ4n) is 4.18. The maximum Gasteiger partial charge on any atom is 0.317 e. The van der Waals surface area contributed by atoms with Crippen molar-refractivity contribution in [3.63, 3.8) is 0 Å². The number of aliphatic carboxylic acids is 1. The lowest BCUT2D eigenvalue weighted by Crippen LogP contribution is -2.37. The first-order valence-electron chi connectivity index (χ1n) is 10.7. The number of hydrogen-bond donors (Lipinski definition) is 1. The molecule has 166 valence electrons. The lowest BCUT2D eigenvalue weighted by molar-refractivity contribution is -0.138. The van der Waals surface area contributed by atoms with E-state index < -0.39 is 5.97 Å². The molecule has 1 aliphatic rings. The summed E-state index contributed by atoms with van der Waals surface area (Å²) in [6.07, 6.45) is 4.63. The second-order valence-electron chi connectivity index (χ2n) is 8.27. The number of fused-ring (bicyclic) bond motifs is 1. The lowest BCUT2D eigenvalue weighted by Gasteiger charge is -2.30. The zero-order valence-corrected chi connectivity index (χ0v) is 18.3. The lowest BCUT2D eigenvalue weighted by atomic mass is 9.94. The molecule has 4 rings (SSSR count). The number of carboxylic acid groups (broad SMARTS) is 1. The molecule has 3 aromatic rings. The number of carboxylic acids is 1. The molecular formula is C23H26N6O3. The van der Waals surface area contributed by atoms with Crippen LogP contribution in [0.25, 0.3) is 22.4 Å². The summed E-state index contributed by atoms with van der Waals surface area (Å²) in [5.41, 5.74) is 3.77. The van der Waals surface area contributed by atoms with E-state index in [4.69, 9.17) is 9.84 Å². The highest BCUT2D eigenvalue weighted by Crippen LogP contribution is 2.29. The minimum Gasteiger partial charge on any atom is -0.493 e. The molecule has 0 bridgehead atoms. The van der Waals surface area contributed by atoms with E-state index in [1.54, 1.807) is 10.9 Å². The Balaban J connectivity index is 1.40. The molecule has 2 aromatic heterocycles. The topological polar surface area (TPSA) is 117 Å². The first-order chi connectivity index (χ1) is 15.4. The number of aromatic nitrogens is 4. The molecule has 0 aliphatic carbocycles. The Morgan fingerprint density at radius 1 is 1.31 bits per heavy atom. The van der Waals surface area contributed by atoms with Crippen molar-refractivity contribution in [3.8, 4) is 23.1 Å². The Kier molecular flexibility index (Phi) is 6.32. The van der Waals surface area contributed by atoms with E-state index in [9.17, 15) is 10.1 Å². The van der Waals surface area contributed by atoms with Gasteiger partial charge >= 0.3 is 5.97 Å². The molecule has 1 aliphatic heterocycles. The number of rotatable bonds is 7. The quantitative estimate of drug-likeness (QED) is 0.603. The van der Waals surface area contributed by atoms with E-state index >= 15 is 0 Å². The number of carbonyl (C=O) groups is 1. The van der Waals surface area contributed by atoms with Gasteiger partial charge in [-0.2, -0.15) is 10.2 Å². The number of benzene rings is 1. The van der Waals surface area contributed by atoms with Crippen molar-refractivity contribution in [3.05, 3.63) is 35.9 Å². The van der Waals surface area contributed by atoms with Gasteiger partial charge in [0.15, 0.2) is 5.65 Å². The number of imidazole rings is 1. The first kappa shape index (κ1) is 21.7. The molecule has 0 saturated carbocycles. The van der Waals surface area contributed by atoms with E-state index in [-0.39, 0.29) is 12.4 Å². The third-order valence-corrected chi connectivity index (χ3v) is 5.96. The van der Waals surface area contributed by atoms with Crippen LogP contribution >= 0.6 is 0 Å². The standard InChI is InChI=1S/C23H26N6O3/c1-15-11-17(21-22-23(28(2)14-25-22)27-19(12-24)26-21)3-4-18(15)32-10-7-16-5-8-29(9-6-16)13-20(30)31/h3-4,11,14,16H,5-10,13H2,1-2H3,(H,30,31). The summed E-state index contributed by atoms with van der Waals surface area (Å²) in [6, 6.07) is 7.89. The molecule has 32 heavy (non-hydrogen) atoms. The Hall–Kier alpha value is -3.51. The van der Waals surface area contributed by atoms with E-state index in [0.717, 1.165) is 49.2 Å². The van der Waals surface area contributed by atoms with Crippen molar-refractivity contribution < 1.29 is 14.6 Å². The van der Waals surface area contributed by atoms with Gasteiger partial charge in [-0.25, -0.2) is 9.97 Å².